The van der Waals surface area contributed by atoms with Crippen molar-refractivity contribution in [3.05, 3.63) is 116 Å². The van der Waals surface area contributed by atoms with Gasteiger partial charge in [0, 0.05) is 53.2 Å². The minimum absolute atomic E-state index is 0.0351. The van der Waals surface area contributed by atoms with Crippen LogP contribution in [-0.2, 0) is 9.59 Å². The van der Waals surface area contributed by atoms with Crippen molar-refractivity contribution in [2.24, 2.45) is 0 Å². The van der Waals surface area contributed by atoms with Gasteiger partial charge in [-0.15, -0.1) is 0 Å². The number of ketones is 1. The van der Waals surface area contributed by atoms with E-state index in [9.17, 15) is 19.7 Å². The molecule has 2 atom stereocenters. The molecule has 0 spiro atoms. The van der Waals surface area contributed by atoms with Gasteiger partial charge in [-0.2, -0.15) is 0 Å². The van der Waals surface area contributed by atoms with E-state index < -0.39 is 16.7 Å². The highest BCUT2D eigenvalue weighted by molar-refractivity contribution is 6.09. The largest absolute Gasteiger partial charge is 0.497 e. The average Bonchev–Trinajstić information content (AvgIpc) is 2.93. The van der Waals surface area contributed by atoms with Crippen molar-refractivity contribution in [1.82, 2.24) is 10.3 Å². The Morgan fingerprint density at radius 2 is 1.72 bits per heavy atom. The molecule has 0 bridgehead atoms. The number of ether oxygens (including phenoxy) is 1. The smallest absolute Gasteiger partial charge is 0.269 e. The normalized spacial score (nSPS) is 18.8. The number of rotatable bonds is 6. The lowest BCUT2D eigenvalue weighted by Gasteiger charge is -2.37. The number of allylic oxidation sites excluding steroid dienone is 3. The van der Waals surface area contributed by atoms with Crippen molar-refractivity contribution in [3.63, 3.8) is 0 Å². The number of anilines is 1. The second-order valence-corrected chi connectivity index (χ2v) is 9.81. The second-order valence-electron chi connectivity index (χ2n) is 9.81. The zero-order chi connectivity index (χ0) is 27.7. The summed E-state index contributed by atoms with van der Waals surface area (Å²) in [5.41, 5.74) is 4.82. The van der Waals surface area contributed by atoms with Crippen molar-refractivity contribution in [1.29, 1.82) is 0 Å². The van der Waals surface area contributed by atoms with Gasteiger partial charge in [0.05, 0.1) is 12.0 Å². The molecular weight excluding hydrogens is 496 g/mol. The summed E-state index contributed by atoms with van der Waals surface area (Å²) in [7, 11) is 1.61. The molecule has 1 aromatic heterocycles. The molecular formula is C30H28N4O5. The Morgan fingerprint density at radius 1 is 1.03 bits per heavy atom. The third-order valence-corrected chi connectivity index (χ3v) is 7.25. The number of amides is 1. The van der Waals surface area contributed by atoms with Crippen LogP contribution in [0.4, 0.5) is 11.5 Å². The number of non-ortho nitro benzene ring substituents is 1. The van der Waals surface area contributed by atoms with E-state index >= 15 is 0 Å². The maximum atomic E-state index is 13.8. The number of nitrogens with one attached hydrogen (secondary N) is 2. The highest BCUT2D eigenvalue weighted by atomic mass is 16.6. The highest BCUT2D eigenvalue weighted by Gasteiger charge is 2.41. The van der Waals surface area contributed by atoms with Gasteiger partial charge in [0.1, 0.15) is 11.6 Å². The molecule has 39 heavy (non-hydrogen) atoms. The quantitative estimate of drug-likeness (QED) is 0.331. The molecule has 0 radical (unpaired) electrons. The summed E-state index contributed by atoms with van der Waals surface area (Å²) in [6, 6.07) is 17.3. The number of dihydropyridines is 1. The van der Waals surface area contributed by atoms with Gasteiger partial charge < -0.3 is 15.4 Å². The van der Waals surface area contributed by atoms with Crippen LogP contribution in [0.25, 0.3) is 0 Å². The molecule has 0 fully saturated rings. The zero-order valence-electron chi connectivity index (χ0n) is 21.9. The predicted octanol–water partition coefficient (Wildman–Crippen LogP) is 5.31. The minimum atomic E-state index is -0.684. The second kappa shape index (κ2) is 10.5. The number of pyridine rings is 1. The number of nitrogens with zero attached hydrogens (tertiary/aromatic N) is 2. The highest BCUT2D eigenvalue weighted by Crippen LogP contribution is 2.46. The van der Waals surface area contributed by atoms with Gasteiger partial charge >= 0.3 is 0 Å². The molecule has 1 aliphatic carbocycles. The number of aryl methyl sites for hydroxylation is 1. The predicted molar refractivity (Wildman–Crippen MR) is 146 cm³/mol. The topological polar surface area (TPSA) is 123 Å². The summed E-state index contributed by atoms with van der Waals surface area (Å²) in [5.74, 6) is -0.0468. The molecule has 9 heteroatoms. The van der Waals surface area contributed by atoms with Gasteiger partial charge in [0.25, 0.3) is 11.6 Å². The number of nitro benzene ring substituents is 1. The van der Waals surface area contributed by atoms with E-state index in [2.05, 4.69) is 15.6 Å². The first-order chi connectivity index (χ1) is 18.7. The van der Waals surface area contributed by atoms with Gasteiger partial charge in [-0.25, -0.2) is 4.98 Å². The molecule has 2 heterocycles. The van der Waals surface area contributed by atoms with Crippen molar-refractivity contribution in [2.45, 2.75) is 38.5 Å². The van der Waals surface area contributed by atoms with E-state index in [0.717, 1.165) is 22.6 Å². The fourth-order valence-electron chi connectivity index (χ4n) is 5.30. The van der Waals surface area contributed by atoms with E-state index in [4.69, 9.17) is 4.74 Å². The molecule has 0 saturated carbocycles. The molecule has 2 aromatic carbocycles. The van der Waals surface area contributed by atoms with Gasteiger partial charge in [0.15, 0.2) is 5.78 Å². The number of aromatic nitrogens is 1. The van der Waals surface area contributed by atoms with E-state index in [1.807, 2.05) is 37.3 Å². The van der Waals surface area contributed by atoms with Crippen molar-refractivity contribution >= 4 is 23.2 Å². The fourth-order valence-corrected chi connectivity index (χ4v) is 5.30. The SMILES string of the molecule is COc1ccc(C2CC(=O)C3=C(C2)NC(C)=C(C(=O)Nc2ccc(C)cn2)C3c2ccc([N+](=O)[O-])cc2)cc1. The van der Waals surface area contributed by atoms with Crippen LogP contribution in [0.5, 0.6) is 5.75 Å². The molecule has 3 aromatic rings. The number of carbonyl (C=O) groups is 2. The van der Waals surface area contributed by atoms with Crippen LogP contribution < -0.4 is 15.4 Å². The molecule has 2 aliphatic rings. The Bertz CT molecular complexity index is 1510. The molecule has 9 nitrogen and oxygen atoms in total. The monoisotopic (exact) mass is 524 g/mol. The third kappa shape index (κ3) is 5.16. The number of hydrogen-bond donors (Lipinski definition) is 2. The third-order valence-electron chi connectivity index (χ3n) is 7.25. The summed E-state index contributed by atoms with van der Waals surface area (Å²) in [6.07, 6.45) is 2.53. The summed E-state index contributed by atoms with van der Waals surface area (Å²) >= 11 is 0. The zero-order valence-corrected chi connectivity index (χ0v) is 21.9. The summed E-state index contributed by atoms with van der Waals surface area (Å²) in [5, 5.41) is 17.5. The van der Waals surface area contributed by atoms with Crippen LogP contribution in [0.3, 0.4) is 0 Å². The number of carbonyl (C=O) groups excluding carboxylic acids is 2. The molecule has 1 aliphatic heterocycles. The van der Waals surface area contributed by atoms with Crippen LogP contribution in [0.1, 0.15) is 48.3 Å². The lowest BCUT2D eigenvalue weighted by atomic mass is 9.71. The Kier molecular flexibility index (Phi) is 6.98. The van der Waals surface area contributed by atoms with Crippen LogP contribution >= 0.6 is 0 Å². The Labute approximate surface area is 225 Å². The number of Topliss-reactive ketones (excluding diaryl/α,β-unsaturated/α-hetero) is 1. The standard InChI is InChI=1S/C30H28N4O5/c1-17-4-13-26(31-16-17)33-30(36)27-18(2)32-24-14-21(19-7-11-23(39-3)12-8-19)15-25(35)29(24)28(27)20-5-9-22(10-6-20)34(37)38/h4-13,16,21,28,32H,14-15H2,1-3H3,(H,31,33,36). The Balaban J connectivity index is 1.54. The van der Waals surface area contributed by atoms with Gasteiger partial charge in [-0.1, -0.05) is 30.3 Å². The molecule has 5 rings (SSSR count). The number of benzene rings is 2. The number of hydrogen-bond acceptors (Lipinski definition) is 7. The Morgan fingerprint density at radius 3 is 2.33 bits per heavy atom. The lowest BCUT2D eigenvalue weighted by Crippen LogP contribution is -2.37. The van der Waals surface area contributed by atoms with E-state index in [1.54, 1.807) is 38.4 Å². The number of methoxy groups -OCH3 is 1. The van der Waals surface area contributed by atoms with Crippen molar-refractivity contribution in [3.8, 4) is 5.75 Å². The lowest BCUT2D eigenvalue weighted by molar-refractivity contribution is -0.384. The fraction of sp³-hybridized carbons (Fsp3) is 0.233. The first-order valence-electron chi connectivity index (χ1n) is 12.6. The molecule has 2 unspecified atom stereocenters. The summed E-state index contributed by atoms with van der Waals surface area (Å²) in [4.78, 5) is 42.5. The van der Waals surface area contributed by atoms with E-state index in [0.29, 0.717) is 34.6 Å². The van der Waals surface area contributed by atoms with Gasteiger partial charge in [-0.3, -0.25) is 19.7 Å². The minimum Gasteiger partial charge on any atom is -0.497 e. The maximum absolute atomic E-state index is 13.8. The van der Waals surface area contributed by atoms with Crippen LogP contribution in [0, 0.1) is 17.0 Å². The average molecular weight is 525 g/mol. The maximum Gasteiger partial charge on any atom is 0.269 e. The molecule has 2 N–H and O–H groups in total. The first kappa shape index (κ1) is 25.8. The summed E-state index contributed by atoms with van der Waals surface area (Å²) < 4.78 is 5.27. The van der Waals surface area contributed by atoms with Gasteiger partial charge in [0.2, 0.25) is 0 Å². The van der Waals surface area contributed by atoms with Crippen LogP contribution in [0.15, 0.2) is 89.4 Å². The van der Waals surface area contributed by atoms with E-state index in [-0.39, 0.29) is 23.8 Å². The first-order valence-corrected chi connectivity index (χ1v) is 12.6. The van der Waals surface area contributed by atoms with Crippen molar-refractivity contribution < 1.29 is 19.2 Å². The molecule has 198 valence electrons. The number of nitro groups is 1. The molecule has 1 amide bonds. The Hall–Kier alpha value is -4.79. The van der Waals surface area contributed by atoms with Crippen LogP contribution in [0.2, 0.25) is 0 Å². The van der Waals surface area contributed by atoms with E-state index in [1.165, 1.54) is 12.1 Å². The van der Waals surface area contributed by atoms with Gasteiger partial charge in [-0.05, 0) is 61.1 Å². The van der Waals surface area contributed by atoms with Crippen molar-refractivity contribution in [2.75, 3.05) is 12.4 Å². The molecule has 0 saturated heterocycles. The summed E-state index contributed by atoms with van der Waals surface area (Å²) in [6.45, 7) is 3.71. The van der Waals surface area contributed by atoms with Crippen LogP contribution in [-0.4, -0.2) is 28.7 Å².